The van der Waals surface area contributed by atoms with Gasteiger partial charge in [0.2, 0.25) is 5.91 Å². The maximum Gasteiger partial charge on any atom is 0.325 e. The number of likely N-dealkylation sites (N-methyl/N-ethyl adjacent to an activating group) is 1. The fourth-order valence-electron chi connectivity index (χ4n) is 1.59. The molecule has 0 aromatic heterocycles. The van der Waals surface area contributed by atoms with Gasteiger partial charge in [-0.1, -0.05) is 0 Å². The summed E-state index contributed by atoms with van der Waals surface area (Å²) in [5.74, 6) is 0.491. The van der Waals surface area contributed by atoms with Crippen molar-refractivity contribution in [3.8, 4) is 11.5 Å². The van der Waals surface area contributed by atoms with Gasteiger partial charge >= 0.3 is 5.97 Å². The van der Waals surface area contributed by atoms with Gasteiger partial charge in [-0.2, -0.15) is 0 Å². The molecule has 6 heteroatoms. The highest BCUT2D eigenvalue weighted by atomic mass is 16.5. The number of nitrogens with zero attached hydrogens (tertiary/aromatic N) is 1. The number of hydrogen-bond donors (Lipinski definition) is 0. The average molecular weight is 293 g/mol. The lowest BCUT2D eigenvalue weighted by Gasteiger charge is -2.13. The first-order chi connectivity index (χ1) is 10.0. The molecule has 1 aromatic carbocycles. The molecule has 0 saturated carbocycles. The maximum absolute atomic E-state index is 11.9. The number of ether oxygens (including phenoxy) is 3. The normalized spacial score (nSPS) is 10.3. The molecular weight excluding hydrogens is 274 g/mol. The molecule has 0 heterocycles. The number of esters is 1. The van der Waals surface area contributed by atoms with Gasteiger partial charge in [-0.15, -0.1) is 0 Å². The van der Waals surface area contributed by atoms with Crippen LogP contribution in [0.4, 0.5) is 0 Å². The number of carbonyl (C=O) groups is 2. The number of amides is 1. The lowest BCUT2D eigenvalue weighted by molar-refractivity contribution is -0.144. The van der Waals surface area contributed by atoms with Gasteiger partial charge in [-0.05, 0) is 24.3 Å². The molecule has 1 aromatic rings. The molecule has 0 aliphatic carbocycles. The van der Waals surface area contributed by atoms with Crippen LogP contribution in [0, 0.1) is 0 Å². The summed E-state index contributed by atoms with van der Waals surface area (Å²) in [6.07, 6.45) is 2.97. The fraction of sp³-hybridized carbons (Fsp3) is 0.333. The van der Waals surface area contributed by atoms with Crippen LogP contribution in [0.5, 0.6) is 11.5 Å². The fourth-order valence-corrected chi connectivity index (χ4v) is 1.59. The number of hydrogen-bond acceptors (Lipinski definition) is 5. The Hall–Kier alpha value is -2.50. The predicted molar refractivity (Wildman–Crippen MR) is 78.2 cm³/mol. The predicted octanol–water partition coefficient (Wildman–Crippen LogP) is 1.35. The second-order valence-electron chi connectivity index (χ2n) is 4.21. The highest BCUT2D eigenvalue weighted by molar-refractivity contribution is 5.93. The number of carbonyl (C=O) groups excluding carboxylic acids is 2. The van der Waals surface area contributed by atoms with Crippen LogP contribution in [-0.4, -0.2) is 51.7 Å². The van der Waals surface area contributed by atoms with Crippen molar-refractivity contribution in [2.45, 2.75) is 0 Å². The van der Waals surface area contributed by atoms with Crippen LogP contribution in [-0.2, 0) is 14.3 Å². The quantitative estimate of drug-likeness (QED) is 0.585. The molecule has 0 unspecified atom stereocenters. The monoisotopic (exact) mass is 293 g/mol. The van der Waals surface area contributed by atoms with Gasteiger partial charge in [0.25, 0.3) is 0 Å². The molecule has 0 fully saturated rings. The number of methoxy groups -OCH3 is 3. The van der Waals surface area contributed by atoms with E-state index in [4.69, 9.17) is 9.47 Å². The highest BCUT2D eigenvalue weighted by Crippen LogP contribution is 2.25. The van der Waals surface area contributed by atoms with Crippen LogP contribution < -0.4 is 9.47 Å². The van der Waals surface area contributed by atoms with E-state index in [1.54, 1.807) is 38.5 Å². The lowest BCUT2D eigenvalue weighted by Crippen LogP contribution is -2.31. The van der Waals surface area contributed by atoms with Crippen LogP contribution in [0.1, 0.15) is 5.56 Å². The van der Waals surface area contributed by atoms with Crippen molar-refractivity contribution in [3.05, 3.63) is 29.8 Å². The smallest absolute Gasteiger partial charge is 0.325 e. The molecule has 21 heavy (non-hydrogen) atoms. The summed E-state index contributed by atoms with van der Waals surface area (Å²) < 4.78 is 14.9. The third kappa shape index (κ3) is 4.83. The molecule has 1 rings (SSSR count). The number of benzene rings is 1. The lowest BCUT2D eigenvalue weighted by atomic mass is 10.1. The Balaban J connectivity index is 2.84. The summed E-state index contributed by atoms with van der Waals surface area (Å²) in [5.41, 5.74) is 0.705. The number of rotatable bonds is 6. The first kappa shape index (κ1) is 16.6. The van der Waals surface area contributed by atoms with E-state index in [0.29, 0.717) is 17.1 Å². The Kier molecular flexibility index (Phi) is 6.26. The molecule has 0 saturated heterocycles. The van der Waals surface area contributed by atoms with Gasteiger partial charge in [0.15, 0.2) is 0 Å². The van der Waals surface area contributed by atoms with Crippen LogP contribution in [0.25, 0.3) is 6.08 Å². The van der Waals surface area contributed by atoms with E-state index in [0.717, 1.165) is 0 Å². The minimum atomic E-state index is -0.474. The van der Waals surface area contributed by atoms with Crippen LogP contribution in [0.15, 0.2) is 24.3 Å². The molecule has 0 aliphatic heterocycles. The molecule has 1 amide bonds. The third-order valence-electron chi connectivity index (χ3n) is 2.81. The zero-order valence-electron chi connectivity index (χ0n) is 12.6. The van der Waals surface area contributed by atoms with E-state index >= 15 is 0 Å². The second-order valence-corrected chi connectivity index (χ2v) is 4.21. The van der Waals surface area contributed by atoms with Gasteiger partial charge in [-0.25, -0.2) is 0 Å². The van der Waals surface area contributed by atoms with Crippen LogP contribution >= 0.6 is 0 Å². The molecular formula is C15H19NO5. The van der Waals surface area contributed by atoms with Gasteiger partial charge in [0.1, 0.15) is 18.0 Å². The van der Waals surface area contributed by atoms with E-state index in [9.17, 15) is 9.59 Å². The zero-order chi connectivity index (χ0) is 15.8. The van der Waals surface area contributed by atoms with E-state index < -0.39 is 5.97 Å². The topological polar surface area (TPSA) is 65.1 Å². The summed E-state index contributed by atoms with van der Waals surface area (Å²) in [6, 6.07) is 5.27. The minimum Gasteiger partial charge on any atom is -0.497 e. The molecule has 0 N–H and O–H groups in total. The highest BCUT2D eigenvalue weighted by Gasteiger charge is 2.10. The summed E-state index contributed by atoms with van der Waals surface area (Å²) in [6.45, 7) is -0.102. The van der Waals surface area contributed by atoms with E-state index in [1.807, 2.05) is 0 Å². The maximum atomic E-state index is 11.9. The van der Waals surface area contributed by atoms with Gasteiger partial charge < -0.3 is 19.1 Å². The second kappa shape index (κ2) is 7.94. The summed E-state index contributed by atoms with van der Waals surface area (Å²) in [7, 11) is 5.90. The minimum absolute atomic E-state index is 0.102. The van der Waals surface area contributed by atoms with Crippen molar-refractivity contribution in [3.63, 3.8) is 0 Å². The molecule has 0 spiro atoms. The Labute approximate surface area is 123 Å². The van der Waals surface area contributed by atoms with Crippen molar-refractivity contribution >= 4 is 18.0 Å². The summed E-state index contributed by atoms with van der Waals surface area (Å²) in [5, 5.41) is 0. The zero-order valence-corrected chi connectivity index (χ0v) is 12.6. The first-order valence-electron chi connectivity index (χ1n) is 6.23. The van der Waals surface area contributed by atoms with Crippen LogP contribution in [0.2, 0.25) is 0 Å². The van der Waals surface area contributed by atoms with Gasteiger partial charge in [-0.3, -0.25) is 9.59 Å². The summed E-state index contributed by atoms with van der Waals surface area (Å²) >= 11 is 0. The standard InChI is InChI=1S/C15H19NO5/c1-16(10-15(18)21-4)14(17)8-5-11-9-12(19-2)6-7-13(11)20-3/h5-9H,10H2,1-4H3/b8-5+. The van der Waals surface area contributed by atoms with Gasteiger partial charge in [0, 0.05) is 18.7 Å². The average Bonchev–Trinajstić information content (AvgIpc) is 2.51. The third-order valence-corrected chi connectivity index (χ3v) is 2.81. The Morgan fingerprint density at radius 1 is 1.19 bits per heavy atom. The summed E-state index contributed by atoms with van der Waals surface area (Å²) in [4.78, 5) is 24.2. The first-order valence-corrected chi connectivity index (χ1v) is 6.23. The van der Waals surface area contributed by atoms with Crippen molar-refractivity contribution in [2.75, 3.05) is 34.9 Å². The van der Waals surface area contributed by atoms with Crippen molar-refractivity contribution in [1.29, 1.82) is 0 Å². The Morgan fingerprint density at radius 2 is 1.90 bits per heavy atom. The molecule has 0 atom stereocenters. The van der Waals surface area contributed by atoms with Crippen LogP contribution in [0.3, 0.4) is 0 Å². The van der Waals surface area contributed by atoms with Crippen molar-refractivity contribution < 1.29 is 23.8 Å². The Bertz CT molecular complexity index is 539. The van der Waals surface area contributed by atoms with E-state index in [1.165, 1.54) is 25.1 Å². The largest absolute Gasteiger partial charge is 0.497 e. The molecule has 114 valence electrons. The van der Waals surface area contributed by atoms with Gasteiger partial charge in [0.05, 0.1) is 21.3 Å². The molecule has 0 radical (unpaired) electrons. The van der Waals surface area contributed by atoms with Crippen molar-refractivity contribution in [1.82, 2.24) is 4.90 Å². The van der Waals surface area contributed by atoms with E-state index in [2.05, 4.69) is 4.74 Å². The molecule has 6 nitrogen and oxygen atoms in total. The molecule has 0 aliphatic rings. The van der Waals surface area contributed by atoms with E-state index in [-0.39, 0.29) is 12.5 Å². The van der Waals surface area contributed by atoms with Crippen molar-refractivity contribution in [2.24, 2.45) is 0 Å². The Morgan fingerprint density at radius 3 is 2.48 bits per heavy atom. The SMILES string of the molecule is COC(=O)CN(C)C(=O)/C=C/c1cc(OC)ccc1OC. The molecule has 0 bridgehead atoms.